The molecule has 72 valence electrons. The van der Waals surface area contributed by atoms with Crippen molar-refractivity contribution in [2.75, 3.05) is 0 Å². The predicted octanol–water partition coefficient (Wildman–Crippen LogP) is 2.63. The molecule has 0 spiro atoms. The van der Waals surface area contributed by atoms with Crippen molar-refractivity contribution in [3.63, 3.8) is 0 Å². The van der Waals surface area contributed by atoms with Crippen LogP contribution in [-0.2, 0) is 0 Å². The van der Waals surface area contributed by atoms with Crippen molar-refractivity contribution < 1.29 is 4.39 Å². The SMILES string of the molecule is Cc1[nH]c(=O)c2cccc(F)c2c1Cl. The van der Waals surface area contributed by atoms with E-state index < -0.39 is 5.82 Å². The quantitative estimate of drug-likeness (QED) is 0.714. The summed E-state index contributed by atoms with van der Waals surface area (Å²) in [7, 11) is 0. The van der Waals surface area contributed by atoms with E-state index >= 15 is 0 Å². The Morgan fingerprint density at radius 3 is 2.86 bits per heavy atom. The Labute approximate surface area is 84.3 Å². The summed E-state index contributed by atoms with van der Waals surface area (Å²) in [6.45, 7) is 1.63. The van der Waals surface area contributed by atoms with E-state index in [9.17, 15) is 9.18 Å². The maximum absolute atomic E-state index is 13.4. The van der Waals surface area contributed by atoms with Crippen LogP contribution in [0.25, 0.3) is 10.8 Å². The molecule has 0 unspecified atom stereocenters. The molecule has 1 aromatic carbocycles. The maximum Gasteiger partial charge on any atom is 0.256 e. The fourth-order valence-corrected chi connectivity index (χ4v) is 1.66. The molecular weight excluding hydrogens is 205 g/mol. The summed E-state index contributed by atoms with van der Waals surface area (Å²) in [5, 5.41) is 0.730. The van der Waals surface area contributed by atoms with Crippen molar-refractivity contribution in [1.29, 1.82) is 0 Å². The van der Waals surface area contributed by atoms with Crippen LogP contribution in [0.2, 0.25) is 5.02 Å². The standard InChI is InChI=1S/C10H7ClFNO/c1-5-9(11)8-6(10(14)13-5)3-2-4-7(8)12/h2-4H,1H3,(H,13,14). The number of nitrogens with one attached hydrogen (secondary N) is 1. The van der Waals surface area contributed by atoms with Crippen molar-refractivity contribution in [2.24, 2.45) is 0 Å². The molecule has 0 aliphatic carbocycles. The van der Waals surface area contributed by atoms with Crippen LogP contribution in [0.3, 0.4) is 0 Å². The van der Waals surface area contributed by atoms with Gasteiger partial charge in [0.2, 0.25) is 0 Å². The Balaban J connectivity index is 3.11. The molecule has 0 saturated heterocycles. The average molecular weight is 212 g/mol. The average Bonchev–Trinajstić information content (AvgIpc) is 2.14. The third-order valence-corrected chi connectivity index (χ3v) is 2.58. The molecule has 0 amide bonds. The van der Waals surface area contributed by atoms with E-state index in [1.54, 1.807) is 13.0 Å². The lowest BCUT2D eigenvalue weighted by Gasteiger charge is -2.03. The molecule has 0 aliphatic rings. The zero-order valence-corrected chi connectivity index (χ0v) is 8.15. The van der Waals surface area contributed by atoms with Gasteiger partial charge in [0.1, 0.15) is 5.82 Å². The molecule has 0 atom stereocenters. The predicted molar refractivity (Wildman–Crippen MR) is 54.3 cm³/mol. The van der Waals surface area contributed by atoms with Crippen LogP contribution in [0.5, 0.6) is 0 Å². The first kappa shape index (κ1) is 9.21. The van der Waals surface area contributed by atoms with Crippen molar-refractivity contribution in [1.82, 2.24) is 4.98 Å². The molecule has 4 heteroatoms. The van der Waals surface area contributed by atoms with Gasteiger partial charge in [0.15, 0.2) is 0 Å². The molecule has 2 nitrogen and oxygen atoms in total. The third kappa shape index (κ3) is 1.21. The second-order valence-electron chi connectivity index (χ2n) is 3.06. The van der Waals surface area contributed by atoms with Gasteiger partial charge in [-0.2, -0.15) is 0 Å². The van der Waals surface area contributed by atoms with Gasteiger partial charge in [-0.1, -0.05) is 17.7 Å². The lowest BCUT2D eigenvalue weighted by atomic mass is 10.1. The molecule has 2 aromatic rings. The summed E-state index contributed by atoms with van der Waals surface area (Å²) in [6.07, 6.45) is 0. The number of H-pyrrole nitrogens is 1. The Kier molecular flexibility index (Phi) is 2.04. The minimum absolute atomic E-state index is 0.190. The zero-order chi connectivity index (χ0) is 10.3. The van der Waals surface area contributed by atoms with E-state index in [1.165, 1.54) is 12.1 Å². The number of halogens is 2. The molecule has 2 rings (SSSR count). The van der Waals surface area contributed by atoms with Gasteiger partial charge in [0.05, 0.1) is 10.4 Å². The van der Waals surface area contributed by atoms with Crippen molar-refractivity contribution in [3.8, 4) is 0 Å². The van der Waals surface area contributed by atoms with Crippen LogP contribution in [0.4, 0.5) is 4.39 Å². The van der Waals surface area contributed by atoms with E-state index in [2.05, 4.69) is 4.98 Å². The lowest BCUT2D eigenvalue weighted by Crippen LogP contribution is -2.08. The monoisotopic (exact) mass is 211 g/mol. The minimum atomic E-state index is -0.471. The first-order valence-electron chi connectivity index (χ1n) is 4.08. The van der Waals surface area contributed by atoms with Crippen molar-refractivity contribution in [3.05, 3.63) is 45.1 Å². The molecule has 1 aromatic heterocycles. The number of aromatic nitrogens is 1. The zero-order valence-electron chi connectivity index (χ0n) is 7.40. The first-order chi connectivity index (χ1) is 6.61. The normalized spacial score (nSPS) is 10.8. The molecule has 1 heterocycles. The smallest absolute Gasteiger partial charge is 0.256 e. The number of aryl methyl sites for hydroxylation is 1. The highest BCUT2D eigenvalue weighted by Crippen LogP contribution is 2.25. The molecule has 0 radical (unpaired) electrons. The summed E-state index contributed by atoms with van der Waals surface area (Å²) < 4.78 is 13.4. The van der Waals surface area contributed by atoms with Gasteiger partial charge in [0.25, 0.3) is 5.56 Å². The second kappa shape index (κ2) is 3.10. The van der Waals surface area contributed by atoms with Gasteiger partial charge < -0.3 is 4.98 Å². The van der Waals surface area contributed by atoms with Gasteiger partial charge in [-0.15, -0.1) is 0 Å². The fraction of sp³-hybridized carbons (Fsp3) is 0.100. The largest absolute Gasteiger partial charge is 0.324 e. The van der Waals surface area contributed by atoms with Crippen LogP contribution >= 0.6 is 11.6 Å². The van der Waals surface area contributed by atoms with Crippen LogP contribution in [0.1, 0.15) is 5.69 Å². The van der Waals surface area contributed by atoms with E-state index in [-0.39, 0.29) is 21.4 Å². The molecule has 14 heavy (non-hydrogen) atoms. The molecule has 0 aliphatic heterocycles. The van der Waals surface area contributed by atoms with Crippen molar-refractivity contribution >= 4 is 22.4 Å². The molecule has 0 saturated carbocycles. The Morgan fingerprint density at radius 2 is 2.14 bits per heavy atom. The number of hydrogen-bond acceptors (Lipinski definition) is 1. The van der Waals surface area contributed by atoms with Gasteiger partial charge in [-0.3, -0.25) is 4.79 Å². The van der Waals surface area contributed by atoms with Crippen LogP contribution in [-0.4, -0.2) is 4.98 Å². The number of hydrogen-bond donors (Lipinski definition) is 1. The number of aromatic amines is 1. The molecule has 1 N–H and O–H groups in total. The molecule has 0 fully saturated rings. The minimum Gasteiger partial charge on any atom is -0.324 e. The Bertz CT molecular complexity index is 562. The topological polar surface area (TPSA) is 32.9 Å². The molecule has 0 bridgehead atoms. The lowest BCUT2D eigenvalue weighted by molar-refractivity contribution is 0.639. The van der Waals surface area contributed by atoms with Crippen LogP contribution in [0, 0.1) is 12.7 Å². The highest BCUT2D eigenvalue weighted by molar-refractivity contribution is 6.36. The van der Waals surface area contributed by atoms with Crippen LogP contribution in [0.15, 0.2) is 23.0 Å². The summed E-state index contributed by atoms with van der Waals surface area (Å²) in [5.74, 6) is -0.471. The summed E-state index contributed by atoms with van der Waals surface area (Å²) in [4.78, 5) is 14.0. The number of pyridine rings is 1. The first-order valence-corrected chi connectivity index (χ1v) is 4.45. The number of fused-ring (bicyclic) bond motifs is 1. The summed E-state index contributed by atoms with van der Waals surface area (Å²) >= 11 is 5.89. The fourth-order valence-electron chi connectivity index (χ4n) is 1.42. The highest BCUT2D eigenvalue weighted by atomic mass is 35.5. The third-order valence-electron chi connectivity index (χ3n) is 2.11. The molecular formula is C10H7ClFNO. The van der Waals surface area contributed by atoms with E-state index in [1.807, 2.05) is 0 Å². The summed E-state index contributed by atoms with van der Waals surface area (Å²) in [5.41, 5.74) is 0.163. The highest BCUT2D eigenvalue weighted by Gasteiger charge is 2.10. The Morgan fingerprint density at radius 1 is 1.43 bits per heavy atom. The second-order valence-corrected chi connectivity index (χ2v) is 3.43. The maximum atomic E-state index is 13.4. The van der Waals surface area contributed by atoms with E-state index in [4.69, 9.17) is 11.6 Å². The van der Waals surface area contributed by atoms with E-state index in [0.29, 0.717) is 5.69 Å². The number of rotatable bonds is 0. The van der Waals surface area contributed by atoms with Crippen molar-refractivity contribution in [2.45, 2.75) is 6.92 Å². The van der Waals surface area contributed by atoms with Gasteiger partial charge >= 0.3 is 0 Å². The van der Waals surface area contributed by atoms with Gasteiger partial charge in [-0.05, 0) is 19.1 Å². The van der Waals surface area contributed by atoms with Gasteiger partial charge in [-0.25, -0.2) is 4.39 Å². The van der Waals surface area contributed by atoms with Gasteiger partial charge in [0, 0.05) is 11.1 Å². The van der Waals surface area contributed by atoms with E-state index in [0.717, 1.165) is 0 Å². The Hall–Kier alpha value is -1.35. The summed E-state index contributed by atoms with van der Waals surface area (Å²) in [6, 6.07) is 4.31. The van der Waals surface area contributed by atoms with Crippen LogP contribution < -0.4 is 5.56 Å². The number of benzene rings is 1.